The van der Waals surface area contributed by atoms with Crippen LogP contribution in [0.5, 0.6) is 5.75 Å². The minimum atomic E-state index is -0.231. The topological polar surface area (TPSA) is 69.4 Å². The number of aryl methyl sites for hydroxylation is 1. The van der Waals surface area contributed by atoms with E-state index in [0.29, 0.717) is 42.5 Å². The maximum atomic E-state index is 13.9. The van der Waals surface area contributed by atoms with Gasteiger partial charge in [0.2, 0.25) is 5.91 Å². The van der Waals surface area contributed by atoms with E-state index in [4.69, 9.17) is 33.5 Å². The Labute approximate surface area is 232 Å². The number of carbonyl (C=O) groups excluding carboxylic acids is 1. The fourth-order valence-electron chi connectivity index (χ4n) is 4.30. The van der Waals surface area contributed by atoms with E-state index in [2.05, 4.69) is 0 Å². The van der Waals surface area contributed by atoms with Gasteiger partial charge in [-0.2, -0.15) is 0 Å². The highest BCUT2D eigenvalue weighted by Crippen LogP contribution is 2.29. The second-order valence-corrected chi connectivity index (χ2v) is 11.6. The normalized spacial score (nSPS) is 13.4. The van der Waals surface area contributed by atoms with Crippen molar-refractivity contribution in [3.8, 4) is 17.1 Å². The molecule has 1 aliphatic heterocycles. The maximum absolute atomic E-state index is 13.9. The fraction of sp³-hybridized carbons (Fsp3) is 0.308. The van der Waals surface area contributed by atoms with Gasteiger partial charge in [-0.25, -0.2) is 4.98 Å². The molecule has 7 nitrogen and oxygen atoms in total. The molecule has 2 aromatic heterocycles. The van der Waals surface area contributed by atoms with Crippen molar-refractivity contribution >= 4 is 63.2 Å². The van der Waals surface area contributed by atoms with Gasteiger partial charge in [0, 0.05) is 23.8 Å². The molecule has 0 bridgehead atoms. The van der Waals surface area contributed by atoms with Gasteiger partial charge in [0.15, 0.2) is 14.8 Å². The Morgan fingerprint density at radius 3 is 2.51 bits per heavy atom. The first-order valence-electron chi connectivity index (χ1n) is 12.0. The molecule has 0 radical (unpaired) electrons. The van der Waals surface area contributed by atoms with Crippen LogP contribution in [0.4, 0.5) is 0 Å². The number of fused-ring (bicyclic) bond motifs is 1. The number of thioether (sulfide) groups is 1. The van der Waals surface area contributed by atoms with Crippen molar-refractivity contribution < 1.29 is 9.53 Å². The number of hydrogen-bond acceptors (Lipinski definition) is 7. The lowest BCUT2D eigenvalue weighted by Gasteiger charge is -2.16. The molecule has 3 heterocycles. The third kappa shape index (κ3) is 5.20. The number of rotatable bonds is 7. The highest BCUT2D eigenvalue weighted by molar-refractivity contribution is 7.99. The van der Waals surface area contributed by atoms with Crippen molar-refractivity contribution in [2.24, 2.45) is 0 Å². The molecular weight excluding hydrogens is 548 g/mol. The molecule has 1 aliphatic rings. The van der Waals surface area contributed by atoms with Crippen molar-refractivity contribution in [2.45, 2.75) is 31.8 Å². The molecule has 11 heteroatoms. The largest absolute Gasteiger partial charge is 0.494 e. The molecule has 1 saturated heterocycles. The number of likely N-dealkylation sites (tertiary alicyclic amines) is 1. The van der Waals surface area contributed by atoms with Crippen LogP contribution < -0.4 is 10.3 Å². The van der Waals surface area contributed by atoms with Gasteiger partial charge in [0.1, 0.15) is 10.4 Å². The van der Waals surface area contributed by atoms with Gasteiger partial charge >= 0.3 is 0 Å². The lowest BCUT2D eigenvalue weighted by molar-refractivity contribution is -0.127. The molecule has 0 spiro atoms. The van der Waals surface area contributed by atoms with Crippen LogP contribution in [0, 0.1) is 10.9 Å². The van der Waals surface area contributed by atoms with Gasteiger partial charge in [-0.3, -0.25) is 18.7 Å². The van der Waals surface area contributed by atoms with Gasteiger partial charge in [-0.05, 0) is 86.9 Å². The number of carbonyl (C=O) groups is 1. The van der Waals surface area contributed by atoms with Crippen molar-refractivity contribution in [1.29, 1.82) is 0 Å². The molecule has 0 aliphatic carbocycles. The molecule has 0 atom stereocenters. The Morgan fingerprint density at radius 1 is 1.14 bits per heavy atom. The summed E-state index contributed by atoms with van der Waals surface area (Å²) in [6.07, 6.45) is 2.04. The number of thiazole rings is 1. The number of amides is 1. The van der Waals surface area contributed by atoms with Gasteiger partial charge in [0.25, 0.3) is 5.56 Å². The molecule has 2 aromatic carbocycles. The SMILES string of the molecule is CCOc1ccc(-n2c(SCC(=O)N3CCCC3)nc3c(sc(=S)n3-c3ccc(Cl)c(C)c3)c2=O)cc1. The molecule has 37 heavy (non-hydrogen) atoms. The van der Waals surface area contributed by atoms with E-state index in [1.807, 2.05) is 61.2 Å². The van der Waals surface area contributed by atoms with E-state index in [-0.39, 0.29) is 17.2 Å². The van der Waals surface area contributed by atoms with Crippen molar-refractivity contribution in [3.63, 3.8) is 0 Å². The Bertz CT molecular complexity index is 1590. The first kappa shape index (κ1) is 26.0. The van der Waals surface area contributed by atoms with Crippen LogP contribution >= 0.6 is 46.9 Å². The third-order valence-electron chi connectivity index (χ3n) is 6.17. The minimum Gasteiger partial charge on any atom is -0.494 e. The van der Waals surface area contributed by atoms with Crippen LogP contribution in [0.25, 0.3) is 21.7 Å². The zero-order chi connectivity index (χ0) is 26.1. The third-order valence-corrected chi connectivity index (χ3v) is 8.86. The summed E-state index contributed by atoms with van der Waals surface area (Å²) < 4.78 is 9.88. The number of ether oxygens (including phenoxy) is 1. The highest BCUT2D eigenvalue weighted by Gasteiger charge is 2.22. The molecule has 1 fully saturated rings. The molecule has 0 saturated carbocycles. The van der Waals surface area contributed by atoms with E-state index in [1.165, 1.54) is 23.1 Å². The van der Waals surface area contributed by atoms with E-state index in [9.17, 15) is 9.59 Å². The Hall–Kier alpha value is -2.66. The van der Waals surface area contributed by atoms with Crippen molar-refractivity contribution in [3.05, 3.63) is 67.4 Å². The monoisotopic (exact) mass is 572 g/mol. The Morgan fingerprint density at radius 2 is 1.84 bits per heavy atom. The molecule has 1 amide bonds. The predicted molar refractivity (Wildman–Crippen MR) is 153 cm³/mol. The summed E-state index contributed by atoms with van der Waals surface area (Å²) >= 11 is 14.4. The van der Waals surface area contributed by atoms with Gasteiger partial charge in [-0.15, -0.1) is 0 Å². The van der Waals surface area contributed by atoms with Crippen LogP contribution in [0.2, 0.25) is 5.02 Å². The van der Waals surface area contributed by atoms with Gasteiger partial charge in [-0.1, -0.05) is 34.7 Å². The highest BCUT2D eigenvalue weighted by atomic mass is 35.5. The smallest absolute Gasteiger partial charge is 0.278 e. The molecule has 192 valence electrons. The average molecular weight is 573 g/mol. The van der Waals surface area contributed by atoms with Gasteiger partial charge < -0.3 is 9.64 Å². The average Bonchev–Trinajstić information content (AvgIpc) is 3.54. The van der Waals surface area contributed by atoms with Crippen LogP contribution in [0.15, 0.2) is 52.4 Å². The van der Waals surface area contributed by atoms with Crippen LogP contribution in [-0.2, 0) is 4.79 Å². The summed E-state index contributed by atoms with van der Waals surface area (Å²) in [5.41, 5.74) is 2.57. The number of nitrogens with zero attached hydrogens (tertiary/aromatic N) is 4. The van der Waals surface area contributed by atoms with E-state index in [0.717, 1.165) is 37.2 Å². The Balaban J connectivity index is 1.65. The van der Waals surface area contributed by atoms with E-state index < -0.39 is 0 Å². The molecule has 5 rings (SSSR count). The van der Waals surface area contributed by atoms with Gasteiger partial charge in [0.05, 0.1) is 18.0 Å². The summed E-state index contributed by atoms with van der Waals surface area (Å²) in [4.78, 5) is 33.5. The molecule has 4 aromatic rings. The summed E-state index contributed by atoms with van der Waals surface area (Å²) in [7, 11) is 0. The standard InChI is InChI=1S/C26H25ClN4O3S3/c1-3-34-19-9-6-17(7-10-19)31-24(33)22-23(28-25(31)36-15-21(32)29-12-4-5-13-29)30(26(35)37-22)18-8-11-20(27)16(2)14-18/h6-11,14H,3-5,12-13,15H2,1-2H3. The zero-order valence-electron chi connectivity index (χ0n) is 20.4. The quantitative estimate of drug-likeness (QED) is 0.153. The van der Waals surface area contributed by atoms with Crippen LogP contribution in [-0.4, -0.2) is 50.4 Å². The second-order valence-electron chi connectivity index (χ2n) is 8.63. The van der Waals surface area contributed by atoms with E-state index >= 15 is 0 Å². The summed E-state index contributed by atoms with van der Waals surface area (Å²) in [6.45, 7) is 5.94. The zero-order valence-corrected chi connectivity index (χ0v) is 23.6. The first-order chi connectivity index (χ1) is 17.9. The predicted octanol–water partition coefficient (Wildman–Crippen LogP) is 6.04. The van der Waals surface area contributed by atoms with Crippen LogP contribution in [0.1, 0.15) is 25.3 Å². The van der Waals surface area contributed by atoms with Crippen molar-refractivity contribution in [1.82, 2.24) is 19.0 Å². The number of halogens is 1. The van der Waals surface area contributed by atoms with Crippen LogP contribution in [0.3, 0.4) is 0 Å². The van der Waals surface area contributed by atoms with E-state index in [1.54, 1.807) is 9.13 Å². The second kappa shape index (κ2) is 11.0. The lowest BCUT2D eigenvalue weighted by atomic mass is 10.2. The molecular formula is C26H25ClN4O3S3. The number of aromatic nitrogens is 3. The minimum absolute atomic E-state index is 0.0468. The first-order valence-corrected chi connectivity index (χ1v) is 14.5. The van der Waals surface area contributed by atoms with Crippen molar-refractivity contribution in [2.75, 3.05) is 25.4 Å². The summed E-state index contributed by atoms with van der Waals surface area (Å²) in [5.74, 6) is 0.956. The summed E-state index contributed by atoms with van der Waals surface area (Å²) in [6, 6.07) is 12.9. The fourth-order valence-corrected chi connectivity index (χ4v) is 6.63. The molecule has 0 unspecified atom stereocenters. The molecule has 0 N–H and O–H groups in total. The summed E-state index contributed by atoms with van der Waals surface area (Å²) in [5, 5.41) is 1.08. The lowest BCUT2D eigenvalue weighted by Crippen LogP contribution is -2.29. The number of hydrogen-bond donors (Lipinski definition) is 0. The number of benzene rings is 2. The Kier molecular flexibility index (Phi) is 7.71. The maximum Gasteiger partial charge on any atom is 0.278 e.